The summed E-state index contributed by atoms with van der Waals surface area (Å²) in [5.41, 5.74) is -0.0426. The number of carbonyl (C=O) groups is 1. The fraction of sp³-hybridized carbons (Fsp3) is 0.650. The van der Waals surface area contributed by atoms with Crippen LogP contribution in [0.15, 0.2) is 22.0 Å². The zero-order chi connectivity index (χ0) is 20.3. The molecule has 0 radical (unpaired) electrons. The molecular formula is C20H30N4O2S2. The first-order valence-electron chi connectivity index (χ1n) is 9.81. The standard InChI is InChI=1S/C20H30N4O2S2/c1-13(2)24-8-6-14(7-9-24)17(25)23-18-21-10-15(28-18)12-27-19-22-11-16(26-19)20(3,4)5/h10-11,13-14H,6-9,12H2,1-5H3,(H,21,23,25). The SMILES string of the molecule is CC(C)N1CCC(C(=O)Nc2ncc(CSc3ncc(C(C)(C)C)o3)s2)CC1. The number of anilines is 1. The van der Waals surface area contributed by atoms with Crippen molar-refractivity contribution in [2.45, 2.75) is 69.9 Å². The minimum Gasteiger partial charge on any atom is -0.436 e. The Labute approximate surface area is 175 Å². The van der Waals surface area contributed by atoms with E-state index < -0.39 is 0 Å². The predicted octanol–water partition coefficient (Wildman–Crippen LogP) is 4.78. The zero-order valence-electron chi connectivity index (χ0n) is 17.3. The van der Waals surface area contributed by atoms with Crippen molar-refractivity contribution in [3.05, 3.63) is 23.0 Å². The smallest absolute Gasteiger partial charge is 0.256 e. The van der Waals surface area contributed by atoms with E-state index in [4.69, 9.17) is 4.42 Å². The van der Waals surface area contributed by atoms with Crippen molar-refractivity contribution in [3.8, 4) is 0 Å². The fourth-order valence-corrected chi connectivity index (χ4v) is 4.76. The lowest BCUT2D eigenvalue weighted by atomic mass is 9.94. The summed E-state index contributed by atoms with van der Waals surface area (Å²) in [7, 11) is 0. The van der Waals surface area contributed by atoms with Gasteiger partial charge in [0.1, 0.15) is 5.76 Å². The van der Waals surface area contributed by atoms with E-state index in [9.17, 15) is 4.79 Å². The van der Waals surface area contributed by atoms with E-state index in [1.807, 2.05) is 6.20 Å². The summed E-state index contributed by atoms with van der Waals surface area (Å²) >= 11 is 3.07. The lowest BCUT2D eigenvalue weighted by Gasteiger charge is -2.33. The molecule has 0 unspecified atom stereocenters. The fourth-order valence-electron chi connectivity index (χ4n) is 3.12. The lowest BCUT2D eigenvalue weighted by Crippen LogP contribution is -2.41. The van der Waals surface area contributed by atoms with E-state index in [-0.39, 0.29) is 17.2 Å². The van der Waals surface area contributed by atoms with Crippen molar-refractivity contribution in [2.75, 3.05) is 18.4 Å². The highest BCUT2D eigenvalue weighted by Crippen LogP contribution is 2.31. The summed E-state index contributed by atoms with van der Waals surface area (Å²) in [6.45, 7) is 12.7. The molecule has 6 nitrogen and oxygen atoms in total. The summed E-state index contributed by atoms with van der Waals surface area (Å²) in [5.74, 6) is 1.79. The van der Waals surface area contributed by atoms with Crippen molar-refractivity contribution in [2.24, 2.45) is 5.92 Å². The number of thiazole rings is 1. The van der Waals surface area contributed by atoms with Crippen molar-refractivity contribution < 1.29 is 9.21 Å². The molecule has 1 amide bonds. The molecule has 0 spiro atoms. The van der Waals surface area contributed by atoms with Gasteiger partial charge < -0.3 is 14.6 Å². The first-order valence-corrected chi connectivity index (χ1v) is 11.6. The van der Waals surface area contributed by atoms with Crippen LogP contribution < -0.4 is 5.32 Å². The van der Waals surface area contributed by atoms with Crippen LogP contribution in [0.2, 0.25) is 0 Å². The van der Waals surface area contributed by atoms with Gasteiger partial charge in [0, 0.05) is 34.2 Å². The summed E-state index contributed by atoms with van der Waals surface area (Å²) in [5, 5.41) is 4.34. The van der Waals surface area contributed by atoms with Crippen LogP contribution in [-0.4, -0.2) is 39.9 Å². The number of hydrogen-bond donors (Lipinski definition) is 1. The summed E-state index contributed by atoms with van der Waals surface area (Å²) in [6.07, 6.45) is 5.45. The number of hydrogen-bond acceptors (Lipinski definition) is 7. The molecule has 0 saturated carbocycles. The van der Waals surface area contributed by atoms with Gasteiger partial charge in [0.2, 0.25) is 5.91 Å². The summed E-state index contributed by atoms with van der Waals surface area (Å²) < 4.78 is 5.81. The molecule has 154 valence electrons. The van der Waals surface area contributed by atoms with Gasteiger partial charge in [0.15, 0.2) is 5.13 Å². The lowest BCUT2D eigenvalue weighted by molar-refractivity contribution is -0.121. The van der Waals surface area contributed by atoms with Crippen molar-refractivity contribution in [3.63, 3.8) is 0 Å². The van der Waals surface area contributed by atoms with Crippen molar-refractivity contribution in [1.82, 2.24) is 14.9 Å². The normalized spacial score (nSPS) is 16.6. The monoisotopic (exact) mass is 422 g/mol. The number of amides is 1. The molecule has 3 rings (SSSR count). The van der Waals surface area contributed by atoms with Crippen LogP contribution in [0.1, 0.15) is 58.1 Å². The minimum atomic E-state index is -0.0426. The van der Waals surface area contributed by atoms with Crippen LogP contribution in [0.4, 0.5) is 5.13 Å². The van der Waals surface area contributed by atoms with Crippen molar-refractivity contribution in [1.29, 1.82) is 0 Å². The molecule has 0 atom stereocenters. The Hall–Kier alpha value is -1.38. The number of rotatable bonds is 6. The Morgan fingerprint density at radius 1 is 1.32 bits per heavy atom. The van der Waals surface area contributed by atoms with Gasteiger partial charge in [-0.2, -0.15) is 0 Å². The number of likely N-dealkylation sites (tertiary alicyclic amines) is 1. The van der Waals surface area contributed by atoms with Gasteiger partial charge in [0.05, 0.1) is 6.20 Å². The first kappa shape index (κ1) is 21.3. The van der Waals surface area contributed by atoms with E-state index >= 15 is 0 Å². The minimum absolute atomic E-state index is 0.0426. The Morgan fingerprint density at radius 2 is 2.04 bits per heavy atom. The largest absolute Gasteiger partial charge is 0.436 e. The van der Waals surface area contributed by atoms with Gasteiger partial charge in [-0.3, -0.25) is 4.79 Å². The number of aromatic nitrogens is 2. The van der Waals surface area contributed by atoms with Gasteiger partial charge in [0.25, 0.3) is 5.22 Å². The highest BCUT2D eigenvalue weighted by molar-refractivity contribution is 7.98. The molecule has 0 aliphatic carbocycles. The van der Waals surface area contributed by atoms with Gasteiger partial charge in [-0.25, -0.2) is 9.97 Å². The van der Waals surface area contributed by atoms with E-state index in [0.29, 0.717) is 16.4 Å². The molecule has 2 aromatic heterocycles. The molecular weight excluding hydrogens is 392 g/mol. The number of nitrogens with one attached hydrogen (secondary N) is 1. The van der Waals surface area contributed by atoms with E-state index in [0.717, 1.165) is 42.3 Å². The van der Waals surface area contributed by atoms with E-state index in [2.05, 4.69) is 54.8 Å². The maximum absolute atomic E-state index is 12.5. The first-order chi connectivity index (χ1) is 13.2. The Morgan fingerprint density at radius 3 is 2.64 bits per heavy atom. The number of nitrogens with zero attached hydrogens (tertiary/aromatic N) is 3. The Bertz CT molecular complexity index is 786. The second-order valence-electron chi connectivity index (χ2n) is 8.55. The Kier molecular flexibility index (Phi) is 6.83. The third kappa shape index (κ3) is 5.58. The average Bonchev–Trinajstić information content (AvgIpc) is 3.29. The average molecular weight is 423 g/mol. The third-order valence-electron chi connectivity index (χ3n) is 4.98. The quantitative estimate of drug-likeness (QED) is 0.676. The molecule has 1 aliphatic heterocycles. The predicted molar refractivity (Wildman–Crippen MR) is 115 cm³/mol. The third-order valence-corrected chi connectivity index (χ3v) is 6.96. The van der Waals surface area contributed by atoms with Gasteiger partial charge in [-0.1, -0.05) is 32.5 Å². The van der Waals surface area contributed by atoms with Crippen molar-refractivity contribution >= 4 is 34.1 Å². The summed E-state index contributed by atoms with van der Waals surface area (Å²) in [6, 6.07) is 0.547. The van der Waals surface area contributed by atoms with Crippen LogP contribution in [0, 0.1) is 5.92 Å². The van der Waals surface area contributed by atoms with E-state index in [1.165, 1.54) is 11.3 Å². The van der Waals surface area contributed by atoms with Crippen LogP contribution in [0.5, 0.6) is 0 Å². The van der Waals surface area contributed by atoms with Crippen LogP contribution in [0.3, 0.4) is 0 Å². The molecule has 1 N–H and O–H groups in total. The number of carbonyl (C=O) groups excluding carboxylic acids is 1. The number of oxazole rings is 1. The molecule has 1 aliphatic rings. The molecule has 2 aromatic rings. The van der Waals surface area contributed by atoms with Crippen LogP contribution >= 0.6 is 23.1 Å². The molecule has 0 aromatic carbocycles. The topological polar surface area (TPSA) is 71.3 Å². The second-order valence-corrected chi connectivity index (χ2v) is 10.6. The Balaban J connectivity index is 1.48. The highest BCUT2D eigenvalue weighted by Gasteiger charge is 2.26. The number of thioether (sulfide) groups is 1. The maximum atomic E-state index is 12.5. The van der Waals surface area contributed by atoms with Gasteiger partial charge >= 0.3 is 0 Å². The zero-order valence-corrected chi connectivity index (χ0v) is 19.0. The molecule has 1 saturated heterocycles. The van der Waals surface area contributed by atoms with Gasteiger partial charge in [-0.15, -0.1) is 11.3 Å². The molecule has 28 heavy (non-hydrogen) atoms. The highest BCUT2D eigenvalue weighted by atomic mass is 32.2. The number of piperidine rings is 1. The molecule has 3 heterocycles. The summed E-state index contributed by atoms with van der Waals surface area (Å²) in [4.78, 5) is 24.8. The maximum Gasteiger partial charge on any atom is 0.256 e. The molecule has 0 bridgehead atoms. The van der Waals surface area contributed by atoms with Crippen LogP contribution in [-0.2, 0) is 16.0 Å². The molecule has 8 heteroatoms. The molecule has 1 fully saturated rings. The second kappa shape index (κ2) is 8.97. The van der Waals surface area contributed by atoms with Gasteiger partial charge in [-0.05, 0) is 39.8 Å². The van der Waals surface area contributed by atoms with Crippen LogP contribution in [0.25, 0.3) is 0 Å². The van der Waals surface area contributed by atoms with E-state index in [1.54, 1.807) is 18.0 Å².